The Hall–Kier alpha value is -1.24. The lowest BCUT2D eigenvalue weighted by Gasteiger charge is -2.20. The SMILES string of the molecule is O=C(CCCCCC(=O)OS(=O)(=O)OC1CCCCC1)OS(=O)(=O)OC1CCCCC1. The van der Waals surface area contributed by atoms with Gasteiger partial charge in [0.2, 0.25) is 0 Å². The van der Waals surface area contributed by atoms with E-state index in [-0.39, 0.29) is 25.7 Å². The molecule has 0 aromatic rings. The van der Waals surface area contributed by atoms with E-state index in [0.29, 0.717) is 32.1 Å². The molecule has 2 rings (SSSR count). The lowest BCUT2D eigenvalue weighted by atomic mass is 9.98. The molecular weight excluding hydrogens is 452 g/mol. The van der Waals surface area contributed by atoms with Crippen molar-refractivity contribution in [2.24, 2.45) is 0 Å². The molecule has 0 aliphatic heterocycles. The van der Waals surface area contributed by atoms with Crippen LogP contribution in [0.5, 0.6) is 0 Å². The number of unbranched alkanes of at least 4 members (excludes halogenated alkanes) is 2. The van der Waals surface area contributed by atoms with Crippen LogP contribution in [0.4, 0.5) is 0 Å². The molecule has 0 unspecified atom stereocenters. The second-order valence-corrected chi connectivity index (χ2v) is 10.4. The number of carbonyl (C=O) groups excluding carboxylic acids is 2. The van der Waals surface area contributed by atoms with Gasteiger partial charge in [-0.05, 0) is 38.5 Å². The Morgan fingerprint density at radius 3 is 1.29 bits per heavy atom. The fourth-order valence-electron chi connectivity index (χ4n) is 3.72. The van der Waals surface area contributed by atoms with Crippen LogP contribution in [0, 0.1) is 0 Å². The van der Waals surface area contributed by atoms with Crippen LogP contribution in [-0.4, -0.2) is 41.0 Å². The zero-order valence-electron chi connectivity index (χ0n) is 17.7. The second kappa shape index (κ2) is 12.7. The van der Waals surface area contributed by atoms with E-state index in [1.807, 2.05) is 0 Å². The van der Waals surface area contributed by atoms with Crippen molar-refractivity contribution in [2.45, 2.75) is 109 Å². The van der Waals surface area contributed by atoms with Crippen LogP contribution in [0.1, 0.15) is 96.3 Å². The van der Waals surface area contributed by atoms with Crippen molar-refractivity contribution in [3.63, 3.8) is 0 Å². The predicted molar refractivity (Wildman–Crippen MR) is 109 cm³/mol. The minimum atomic E-state index is -4.37. The molecule has 180 valence electrons. The summed E-state index contributed by atoms with van der Waals surface area (Å²) in [6.45, 7) is 0. The Morgan fingerprint density at radius 1 is 0.581 bits per heavy atom. The molecule has 0 aromatic heterocycles. The zero-order chi connectivity index (χ0) is 22.7. The Balaban J connectivity index is 1.57. The van der Waals surface area contributed by atoms with Gasteiger partial charge in [-0.1, -0.05) is 44.9 Å². The first-order chi connectivity index (χ1) is 14.7. The highest BCUT2D eigenvalue weighted by Crippen LogP contribution is 2.23. The van der Waals surface area contributed by atoms with Crippen LogP contribution in [0.15, 0.2) is 0 Å². The van der Waals surface area contributed by atoms with Gasteiger partial charge in [0.1, 0.15) is 0 Å². The highest BCUT2D eigenvalue weighted by molar-refractivity contribution is 7.82. The van der Waals surface area contributed by atoms with Crippen LogP contribution < -0.4 is 0 Å². The summed E-state index contributed by atoms with van der Waals surface area (Å²) >= 11 is 0. The molecule has 0 amide bonds. The Bertz CT molecular complexity index is 713. The van der Waals surface area contributed by atoms with E-state index in [9.17, 15) is 26.4 Å². The quantitative estimate of drug-likeness (QED) is 0.379. The fourth-order valence-corrected chi connectivity index (χ4v) is 5.47. The third-order valence-corrected chi connectivity index (χ3v) is 7.06. The van der Waals surface area contributed by atoms with Gasteiger partial charge in [-0.15, -0.1) is 0 Å². The Morgan fingerprint density at radius 2 is 0.935 bits per heavy atom. The maximum absolute atomic E-state index is 11.8. The van der Waals surface area contributed by atoms with Gasteiger partial charge in [-0.25, -0.2) is 8.37 Å². The molecule has 12 heteroatoms. The molecule has 2 aliphatic rings. The maximum Gasteiger partial charge on any atom is 0.451 e. The van der Waals surface area contributed by atoms with Crippen molar-refractivity contribution in [3.8, 4) is 0 Å². The van der Waals surface area contributed by atoms with Crippen molar-refractivity contribution in [1.29, 1.82) is 0 Å². The van der Waals surface area contributed by atoms with Crippen molar-refractivity contribution in [3.05, 3.63) is 0 Å². The molecule has 0 bridgehead atoms. The first-order valence-electron chi connectivity index (χ1n) is 11.0. The van der Waals surface area contributed by atoms with Crippen molar-refractivity contribution in [1.82, 2.24) is 0 Å². The first-order valence-corrected chi connectivity index (χ1v) is 13.6. The molecular formula is C19H32O10S2. The number of carbonyl (C=O) groups is 2. The minimum Gasteiger partial charge on any atom is -0.325 e. The Kier molecular flexibility index (Phi) is 10.7. The van der Waals surface area contributed by atoms with Gasteiger partial charge in [-0.3, -0.25) is 9.59 Å². The fraction of sp³-hybridized carbons (Fsp3) is 0.895. The van der Waals surface area contributed by atoms with E-state index in [4.69, 9.17) is 8.37 Å². The Labute approximate surface area is 184 Å². The summed E-state index contributed by atoms with van der Waals surface area (Å²) in [6.07, 6.45) is 7.78. The summed E-state index contributed by atoms with van der Waals surface area (Å²) in [5, 5.41) is 0. The smallest absolute Gasteiger partial charge is 0.325 e. The van der Waals surface area contributed by atoms with Crippen molar-refractivity contribution in [2.75, 3.05) is 0 Å². The second-order valence-electron chi connectivity index (χ2n) is 8.00. The van der Waals surface area contributed by atoms with Crippen molar-refractivity contribution >= 4 is 32.7 Å². The number of hydrogen-bond donors (Lipinski definition) is 0. The van der Waals surface area contributed by atoms with Crippen LogP contribution >= 0.6 is 0 Å². The van der Waals surface area contributed by atoms with Gasteiger partial charge in [0.25, 0.3) is 0 Å². The van der Waals surface area contributed by atoms with Crippen LogP contribution in [0.25, 0.3) is 0 Å². The van der Waals surface area contributed by atoms with Crippen LogP contribution in [0.3, 0.4) is 0 Å². The molecule has 0 saturated heterocycles. The van der Waals surface area contributed by atoms with Gasteiger partial charge in [0, 0.05) is 12.8 Å². The highest BCUT2D eigenvalue weighted by atomic mass is 32.3. The summed E-state index contributed by atoms with van der Waals surface area (Å²) in [6, 6.07) is 0. The first kappa shape index (κ1) is 26.0. The molecule has 2 aliphatic carbocycles. The molecule has 0 radical (unpaired) electrons. The molecule has 31 heavy (non-hydrogen) atoms. The van der Waals surface area contributed by atoms with Gasteiger partial charge in [0.15, 0.2) is 0 Å². The normalized spacial score (nSPS) is 19.1. The zero-order valence-corrected chi connectivity index (χ0v) is 19.3. The van der Waals surface area contributed by atoms with E-state index in [1.165, 1.54) is 0 Å². The molecule has 0 heterocycles. The maximum atomic E-state index is 11.8. The van der Waals surface area contributed by atoms with Gasteiger partial charge < -0.3 is 8.37 Å². The van der Waals surface area contributed by atoms with Gasteiger partial charge in [-0.2, -0.15) is 16.8 Å². The predicted octanol–water partition coefficient (Wildman–Crippen LogP) is 3.21. The average molecular weight is 485 g/mol. The van der Waals surface area contributed by atoms with Crippen LogP contribution in [-0.2, 0) is 47.1 Å². The standard InChI is InChI=1S/C19H32O10S2/c20-18(28-30(22,23)26-16-10-4-1-5-11-16)14-8-3-9-15-19(21)29-31(24,25)27-17-12-6-2-7-13-17/h16-17H,1-15H2. The minimum absolute atomic E-state index is 0.161. The molecule has 0 spiro atoms. The monoisotopic (exact) mass is 484 g/mol. The largest absolute Gasteiger partial charge is 0.451 e. The summed E-state index contributed by atoms with van der Waals surface area (Å²) in [5.74, 6) is -1.86. The van der Waals surface area contributed by atoms with E-state index in [1.54, 1.807) is 0 Å². The van der Waals surface area contributed by atoms with Crippen molar-refractivity contribution < 1.29 is 43.2 Å². The lowest BCUT2D eigenvalue weighted by Crippen LogP contribution is -2.24. The van der Waals surface area contributed by atoms with E-state index < -0.39 is 44.9 Å². The highest BCUT2D eigenvalue weighted by Gasteiger charge is 2.26. The molecule has 10 nitrogen and oxygen atoms in total. The topological polar surface area (TPSA) is 139 Å². The molecule has 0 N–H and O–H groups in total. The van der Waals surface area contributed by atoms with Gasteiger partial charge >= 0.3 is 32.7 Å². The molecule has 0 aromatic carbocycles. The lowest BCUT2D eigenvalue weighted by molar-refractivity contribution is -0.135. The molecule has 0 atom stereocenters. The van der Waals surface area contributed by atoms with E-state index >= 15 is 0 Å². The third-order valence-electron chi connectivity index (χ3n) is 5.26. The van der Waals surface area contributed by atoms with E-state index in [2.05, 4.69) is 8.37 Å². The number of rotatable bonds is 12. The average Bonchev–Trinajstić information content (AvgIpc) is 2.67. The summed E-state index contributed by atoms with van der Waals surface area (Å²) in [5.41, 5.74) is 0. The molecule has 2 saturated carbocycles. The summed E-state index contributed by atoms with van der Waals surface area (Å²) in [4.78, 5) is 23.4. The third kappa shape index (κ3) is 11.3. The number of hydrogen-bond acceptors (Lipinski definition) is 10. The van der Waals surface area contributed by atoms with Gasteiger partial charge in [0.05, 0.1) is 12.2 Å². The summed E-state index contributed by atoms with van der Waals surface area (Å²) < 4.78 is 65.7. The summed E-state index contributed by atoms with van der Waals surface area (Å²) in [7, 11) is -8.75. The van der Waals surface area contributed by atoms with E-state index in [0.717, 1.165) is 38.5 Å². The molecule has 2 fully saturated rings. The van der Waals surface area contributed by atoms with Crippen LogP contribution in [0.2, 0.25) is 0 Å².